The number of halogens is 1. The fraction of sp³-hybridized carbons (Fsp3) is 0.267. The van der Waals surface area contributed by atoms with E-state index in [2.05, 4.69) is 15.6 Å². The zero-order valence-corrected chi connectivity index (χ0v) is 12.9. The first kappa shape index (κ1) is 15.8. The molecule has 1 N–H and O–H groups in total. The summed E-state index contributed by atoms with van der Waals surface area (Å²) in [5, 5.41) is 1.11. The lowest BCUT2D eigenvalue weighted by molar-refractivity contribution is 0.577. The van der Waals surface area contributed by atoms with Gasteiger partial charge in [0.25, 0.3) is 0 Å². The van der Waals surface area contributed by atoms with E-state index < -0.39 is 10.0 Å². The molecule has 4 nitrogen and oxygen atoms in total. The molecule has 0 atom stereocenters. The highest BCUT2D eigenvalue weighted by Gasteiger charge is 2.13. The Bertz CT molecular complexity index is 782. The van der Waals surface area contributed by atoms with Crippen LogP contribution in [0.1, 0.15) is 19.3 Å². The van der Waals surface area contributed by atoms with Gasteiger partial charge in [-0.05, 0) is 43.2 Å². The quantitative estimate of drug-likeness (QED) is 0.505. The molecule has 21 heavy (non-hydrogen) atoms. The molecule has 0 unspecified atom stereocenters. The molecule has 0 radical (unpaired) electrons. The molecular weight excluding hydrogens is 308 g/mol. The van der Waals surface area contributed by atoms with Gasteiger partial charge in [0.05, 0.1) is 10.4 Å². The largest absolute Gasteiger partial charge is 0.240 e. The van der Waals surface area contributed by atoms with E-state index in [4.69, 9.17) is 18.0 Å². The Labute approximate surface area is 129 Å². The average Bonchev–Trinajstić information content (AvgIpc) is 2.46. The third-order valence-corrected chi connectivity index (χ3v) is 4.65. The molecule has 2 aromatic rings. The van der Waals surface area contributed by atoms with Crippen LogP contribution in [0.4, 0.5) is 0 Å². The molecule has 1 aromatic heterocycles. The molecule has 6 heteroatoms. The minimum absolute atomic E-state index is 0.219. The topological polar surface area (TPSA) is 59.1 Å². The molecule has 0 spiro atoms. The molecular formula is C15H15ClN2O2S. The third kappa shape index (κ3) is 4.18. The first-order valence-electron chi connectivity index (χ1n) is 6.52. The van der Waals surface area contributed by atoms with Crippen molar-refractivity contribution in [1.29, 1.82) is 0 Å². The number of hydrogen-bond donors (Lipinski definition) is 1. The number of fused-ring (bicyclic) bond motifs is 1. The number of sulfonamides is 1. The summed E-state index contributed by atoms with van der Waals surface area (Å²) in [6.45, 7) is 0.376. The van der Waals surface area contributed by atoms with Crippen LogP contribution in [0.2, 0.25) is 5.15 Å². The van der Waals surface area contributed by atoms with Crippen LogP contribution in [0.5, 0.6) is 0 Å². The first-order valence-corrected chi connectivity index (χ1v) is 8.38. The summed E-state index contributed by atoms with van der Waals surface area (Å²) in [6.07, 6.45) is 7.33. The van der Waals surface area contributed by atoms with Crippen molar-refractivity contribution in [2.75, 3.05) is 6.54 Å². The van der Waals surface area contributed by atoms with Crippen LogP contribution < -0.4 is 4.72 Å². The summed E-state index contributed by atoms with van der Waals surface area (Å²) in [4.78, 5) is 4.34. The van der Waals surface area contributed by atoms with E-state index in [0.29, 0.717) is 30.1 Å². The van der Waals surface area contributed by atoms with Crippen LogP contribution >= 0.6 is 11.6 Å². The fourth-order valence-corrected chi connectivity index (χ4v) is 3.15. The molecule has 0 bridgehead atoms. The van der Waals surface area contributed by atoms with Gasteiger partial charge in [-0.2, -0.15) is 0 Å². The van der Waals surface area contributed by atoms with Gasteiger partial charge in [-0.3, -0.25) is 0 Å². The minimum Gasteiger partial charge on any atom is -0.236 e. The van der Waals surface area contributed by atoms with Crippen molar-refractivity contribution in [2.45, 2.75) is 24.2 Å². The Balaban J connectivity index is 2.13. The lowest BCUT2D eigenvalue weighted by atomic mass is 10.2. The van der Waals surface area contributed by atoms with Crippen LogP contribution in [-0.2, 0) is 10.0 Å². The Morgan fingerprint density at radius 1 is 1.24 bits per heavy atom. The summed E-state index contributed by atoms with van der Waals surface area (Å²) >= 11 is 5.80. The van der Waals surface area contributed by atoms with Crippen molar-refractivity contribution >= 4 is 32.5 Å². The molecule has 110 valence electrons. The summed E-state index contributed by atoms with van der Waals surface area (Å²) in [6, 6.07) is 8.14. The lowest BCUT2D eigenvalue weighted by Gasteiger charge is -2.07. The van der Waals surface area contributed by atoms with Crippen molar-refractivity contribution < 1.29 is 8.42 Å². The first-order chi connectivity index (χ1) is 10.0. The number of unbranched alkanes of at least 4 members (excludes halogenated alkanes) is 2. The number of benzene rings is 1. The van der Waals surface area contributed by atoms with E-state index in [1.54, 1.807) is 24.3 Å². The minimum atomic E-state index is -3.51. The number of aromatic nitrogens is 1. The predicted molar refractivity (Wildman–Crippen MR) is 84.6 cm³/mol. The molecule has 0 saturated heterocycles. The lowest BCUT2D eigenvalue weighted by Crippen LogP contribution is -2.24. The van der Waals surface area contributed by atoms with Crippen LogP contribution in [-0.4, -0.2) is 19.9 Å². The van der Waals surface area contributed by atoms with E-state index in [0.717, 1.165) is 11.8 Å². The highest BCUT2D eigenvalue weighted by Crippen LogP contribution is 2.19. The normalized spacial score (nSPS) is 11.4. The monoisotopic (exact) mass is 322 g/mol. The van der Waals surface area contributed by atoms with Gasteiger partial charge in [0, 0.05) is 18.4 Å². The number of nitrogens with one attached hydrogen (secondary N) is 1. The van der Waals surface area contributed by atoms with Crippen LogP contribution in [0.25, 0.3) is 10.9 Å². The summed E-state index contributed by atoms with van der Waals surface area (Å²) in [5.41, 5.74) is 0.662. The van der Waals surface area contributed by atoms with Crippen molar-refractivity contribution in [1.82, 2.24) is 9.71 Å². The van der Waals surface area contributed by atoms with Gasteiger partial charge in [0.15, 0.2) is 0 Å². The maximum absolute atomic E-state index is 12.2. The highest BCUT2D eigenvalue weighted by molar-refractivity contribution is 7.89. The molecule has 0 fully saturated rings. The summed E-state index contributed by atoms with van der Waals surface area (Å²) in [5.74, 6) is 2.53. The van der Waals surface area contributed by atoms with Crippen molar-refractivity contribution in [3.63, 3.8) is 0 Å². The van der Waals surface area contributed by atoms with Gasteiger partial charge in [0.2, 0.25) is 10.0 Å². The Hall–Kier alpha value is -1.61. The molecule has 0 amide bonds. The molecule has 1 aromatic carbocycles. The van der Waals surface area contributed by atoms with Crippen LogP contribution in [0, 0.1) is 12.3 Å². The van der Waals surface area contributed by atoms with E-state index in [1.165, 1.54) is 6.07 Å². The zero-order chi connectivity index (χ0) is 15.3. The second-order valence-corrected chi connectivity index (χ2v) is 6.70. The van der Waals surface area contributed by atoms with Gasteiger partial charge in [-0.15, -0.1) is 12.3 Å². The van der Waals surface area contributed by atoms with Gasteiger partial charge in [0.1, 0.15) is 5.15 Å². The van der Waals surface area contributed by atoms with E-state index >= 15 is 0 Å². The fourth-order valence-electron chi connectivity index (χ4n) is 1.89. The van der Waals surface area contributed by atoms with Crippen LogP contribution in [0.3, 0.4) is 0 Å². The molecule has 1 heterocycles. The van der Waals surface area contributed by atoms with Crippen molar-refractivity contribution in [2.24, 2.45) is 0 Å². The predicted octanol–water partition coefficient (Wildman–Crippen LogP) is 2.97. The van der Waals surface area contributed by atoms with E-state index in [-0.39, 0.29) is 4.90 Å². The third-order valence-electron chi connectivity index (χ3n) is 2.98. The number of pyridine rings is 1. The molecule has 0 aliphatic heterocycles. The summed E-state index contributed by atoms with van der Waals surface area (Å²) < 4.78 is 26.9. The van der Waals surface area contributed by atoms with Crippen molar-refractivity contribution in [3.8, 4) is 12.3 Å². The maximum atomic E-state index is 12.2. The highest BCUT2D eigenvalue weighted by atomic mass is 35.5. The van der Waals surface area contributed by atoms with E-state index in [9.17, 15) is 8.42 Å². The molecule has 0 saturated carbocycles. The molecule has 0 aliphatic rings. The number of rotatable bonds is 6. The van der Waals surface area contributed by atoms with Gasteiger partial charge in [-0.1, -0.05) is 11.6 Å². The maximum Gasteiger partial charge on any atom is 0.240 e. The second-order valence-electron chi connectivity index (χ2n) is 4.55. The number of nitrogens with zero attached hydrogens (tertiary/aromatic N) is 1. The van der Waals surface area contributed by atoms with E-state index in [1.807, 2.05) is 0 Å². The Kier molecular flexibility index (Phi) is 5.18. The second kappa shape index (κ2) is 6.90. The van der Waals surface area contributed by atoms with Gasteiger partial charge >= 0.3 is 0 Å². The van der Waals surface area contributed by atoms with Crippen LogP contribution in [0.15, 0.2) is 35.2 Å². The zero-order valence-electron chi connectivity index (χ0n) is 11.3. The molecule has 2 rings (SSSR count). The standard InChI is InChI=1S/C15H15ClN2O2S/c1-2-3-4-5-10-17-21(19,20)13-7-8-14-12(11-13)6-9-15(16)18-14/h1,6-9,11,17H,3-5,10H2. The number of terminal acetylenes is 1. The smallest absolute Gasteiger partial charge is 0.236 e. The summed E-state index contributed by atoms with van der Waals surface area (Å²) in [7, 11) is -3.51. The molecule has 0 aliphatic carbocycles. The van der Waals surface area contributed by atoms with Gasteiger partial charge in [-0.25, -0.2) is 18.1 Å². The number of hydrogen-bond acceptors (Lipinski definition) is 3. The Morgan fingerprint density at radius 3 is 2.81 bits per heavy atom. The van der Waals surface area contributed by atoms with Crippen molar-refractivity contribution in [3.05, 3.63) is 35.5 Å². The SMILES string of the molecule is C#CCCCCNS(=O)(=O)c1ccc2nc(Cl)ccc2c1. The Morgan fingerprint density at radius 2 is 2.05 bits per heavy atom. The average molecular weight is 323 g/mol. The van der Waals surface area contributed by atoms with Gasteiger partial charge < -0.3 is 0 Å².